The highest BCUT2D eigenvalue weighted by atomic mass is 16.2. The second kappa shape index (κ2) is 4.53. The van der Waals surface area contributed by atoms with Crippen molar-refractivity contribution in [3.05, 3.63) is 52.8 Å². The molecule has 2 aromatic rings. The topological polar surface area (TPSA) is 38.1 Å². The molecule has 1 aliphatic rings. The Labute approximate surface area is 112 Å². The van der Waals surface area contributed by atoms with Gasteiger partial charge in [-0.3, -0.25) is 9.48 Å². The zero-order valence-electron chi connectivity index (χ0n) is 11.3. The molecule has 0 fully saturated rings. The van der Waals surface area contributed by atoms with Crippen LogP contribution in [0.1, 0.15) is 27.3 Å². The smallest absolute Gasteiger partial charge is 0.254 e. The molecule has 0 unspecified atom stereocenters. The lowest BCUT2D eigenvalue weighted by molar-refractivity contribution is 0.0730. The summed E-state index contributed by atoms with van der Waals surface area (Å²) in [4.78, 5) is 14.3. The third-order valence-electron chi connectivity index (χ3n) is 3.76. The molecule has 0 N–H and O–H groups in total. The fraction of sp³-hybridized carbons (Fsp3) is 0.333. The summed E-state index contributed by atoms with van der Waals surface area (Å²) in [6, 6.07) is 9.46. The van der Waals surface area contributed by atoms with Gasteiger partial charge in [0.25, 0.3) is 5.91 Å². The number of carbonyl (C=O) groups is 1. The van der Waals surface area contributed by atoms with Crippen molar-refractivity contribution in [2.75, 3.05) is 6.54 Å². The summed E-state index contributed by atoms with van der Waals surface area (Å²) in [5.41, 5.74) is 4.31. The molecule has 4 heteroatoms. The van der Waals surface area contributed by atoms with E-state index >= 15 is 0 Å². The molecule has 0 aliphatic carbocycles. The Bertz CT molecular complexity index is 616. The predicted molar refractivity (Wildman–Crippen MR) is 72.8 cm³/mol. The van der Waals surface area contributed by atoms with Crippen LogP contribution >= 0.6 is 0 Å². The molecular formula is C15H17N3O. The van der Waals surface area contributed by atoms with Crippen LogP contribution in [-0.2, 0) is 20.0 Å². The van der Waals surface area contributed by atoms with E-state index in [9.17, 15) is 4.79 Å². The number of hydrogen-bond donors (Lipinski definition) is 0. The Balaban J connectivity index is 1.86. The van der Waals surface area contributed by atoms with E-state index in [4.69, 9.17) is 0 Å². The summed E-state index contributed by atoms with van der Waals surface area (Å²) < 4.78 is 1.90. The van der Waals surface area contributed by atoms with E-state index in [0.29, 0.717) is 6.54 Å². The first-order valence-corrected chi connectivity index (χ1v) is 6.52. The normalized spacial score (nSPS) is 14.3. The van der Waals surface area contributed by atoms with Crippen LogP contribution in [0.4, 0.5) is 0 Å². The largest absolute Gasteiger partial charge is 0.332 e. The van der Waals surface area contributed by atoms with Crippen LogP contribution in [-0.4, -0.2) is 27.1 Å². The molecule has 0 atom stereocenters. The Morgan fingerprint density at radius 2 is 2.00 bits per heavy atom. The molecule has 1 amide bonds. The number of amides is 1. The maximum Gasteiger partial charge on any atom is 0.254 e. The minimum atomic E-state index is 0.102. The van der Waals surface area contributed by atoms with Gasteiger partial charge in [-0.1, -0.05) is 18.2 Å². The Morgan fingerprint density at radius 1 is 1.26 bits per heavy atom. The second-order valence-corrected chi connectivity index (χ2v) is 4.98. The first-order valence-electron chi connectivity index (χ1n) is 6.52. The van der Waals surface area contributed by atoms with Gasteiger partial charge in [0.1, 0.15) is 0 Å². The van der Waals surface area contributed by atoms with Gasteiger partial charge in [-0.15, -0.1) is 0 Å². The highest BCUT2D eigenvalue weighted by Gasteiger charge is 2.25. The van der Waals surface area contributed by atoms with Crippen molar-refractivity contribution < 1.29 is 4.79 Å². The van der Waals surface area contributed by atoms with Crippen molar-refractivity contribution in [3.63, 3.8) is 0 Å². The van der Waals surface area contributed by atoms with E-state index in [-0.39, 0.29) is 5.91 Å². The van der Waals surface area contributed by atoms with Crippen molar-refractivity contribution in [1.82, 2.24) is 14.7 Å². The average Bonchev–Trinajstić information content (AvgIpc) is 2.74. The van der Waals surface area contributed by atoms with Gasteiger partial charge >= 0.3 is 0 Å². The maximum atomic E-state index is 12.4. The van der Waals surface area contributed by atoms with E-state index in [0.717, 1.165) is 29.9 Å². The summed E-state index contributed by atoms with van der Waals surface area (Å²) in [5.74, 6) is 0.102. The fourth-order valence-corrected chi connectivity index (χ4v) is 2.72. The number of hydrogen-bond acceptors (Lipinski definition) is 2. The highest BCUT2D eigenvalue weighted by molar-refractivity contribution is 5.94. The van der Waals surface area contributed by atoms with Crippen LogP contribution in [0.15, 0.2) is 30.3 Å². The number of nitrogens with zero attached hydrogens (tertiary/aromatic N) is 3. The van der Waals surface area contributed by atoms with E-state index in [2.05, 4.69) is 5.10 Å². The summed E-state index contributed by atoms with van der Waals surface area (Å²) >= 11 is 0. The van der Waals surface area contributed by atoms with Crippen molar-refractivity contribution in [1.29, 1.82) is 0 Å². The van der Waals surface area contributed by atoms with Crippen LogP contribution in [0.25, 0.3) is 0 Å². The van der Waals surface area contributed by atoms with Crippen molar-refractivity contribution in [3.8, 4) is 0 Å². The fourth-order valence-electron chi connectivity index (χ4n) is 2.72. The van der Waals surface area contributed by atoms with Gasteiger partial charge in [-0.2, -0.15) is 5.10 Å². The quantitative estimate of drug-likeness (QED) is 0.781. The summed E-state index contributed by atoms with van der Waals surface area (Å²) in [7, 11) is 1.95. The number of aryl methyl sites for hydroxylation is 2. The molecule has 4 nitrogen and oxygen atoms in total. The second-order valence-electron chi connectivity index (χ2n) is 4.98. The minimum Gasteiger partial charge on any atom is -0.332 e. The van der Waals surface area contributed by atoms with E-state index in [1.165, 1.54) is 5.56 Å². The van der Waals surface area contributed by atoms with Crippen LogP contribution < -0.4 is 0 Å². The number of rotatable bonds is 1. The molecule has 0 radical (unpaired) electrons. The third kappa shape index (κ3) is 2.03. The zero-order valence-corrected chi connectivity index (χ0v) is 11.3. The van der Waals surface area contributed by atoms with Gasteiger partial charge in [0.2, 0.25) is 0 Å². The number of aromatic nitrogens is 2. The number of fused-ring (bicyclic) bond motifs is 1. The first kappa shape index (κ1) is 12.0. The van der Waals surface area contributed by atoms with Crippen LogP contribution in [0.5, 0.6) is 0 Å². The Kier molecular flexibility index (Phi) is 2.85. The van der Waals surface area contributed by atoms with Gasteiger partial charge in [0.05, 0.1) is 17.9 Å². The molecule has 1 aromatic carbocycles. The van der Waals surface area contributed by atoms with Gasteiger partial charge in [-0.05, 0) is 31.0 Å². The van der Waals surface area contributed by atoms with E-state index in [1.807, 2.05) is 53.9 Å². The Hall–Kier alpha value is -2.10. The first-order chi connectivity index (χ1) is 9.16. The monoisotopic (exact) mass is 255 g/mol. The molecule has 98 valence electrons. The highest BCUT2D eigenvalue weighted by Crippen LogP contribution is 2.22. The summed E-state index contributed by atoms with van der Waals surface area (Å²) in [6.07, 6.45) is 0.896. The van der Waals surface area contributed by atoms with Gasteiger partial charge in [0, 0.05) is 19.2 Å². The molecular weight excluding hydrogens is 238 g/mol. The zero-order chi connectivity index (χ0) is 13.4. The molecule has 0 bridgehead atoms. The molecule has 19 heavy (non-hydrogen) atoms. The third-order valence-corrected chi connectivity index (χ3v) is 3.76. The molecule has 3 rings (SSSR count). The number of benzene rings is 1. The van der Waals surface area contributed by atoms with Crippen LogP contribution in [0.2, 0.25) is 0 Å². The van der Waals surface area contributed by atoms with Gasteiger partial charge < -0.3 is 4.90 Å². The van der Waals surface area contributed by atoms with Crippen molar-refractivity contribution in [2.45, 2.75) is 19.9 Å². The maximum absolute atomic E-state index is 12.4. The SMILES string of the molecule is Cc1nn(C)c2c1CCN(C(=O)c1ccccc1)C2. The molecule has 0 saturated heterocycles. The average molecular weight is 255 g/mol. The van der Waals surface area contributed by atoms with Crippen molar-refractivity contribution in [2.24, 2.45) is 7.05 Å². The molecule has 0 saturated carbocycles. The molecule has 2 heterocycles. The lowest BCUT2D eigenvalue weighted by Crippen LogP contribution is -2.36. The van der Waals surface area contributed by atoms with Gasteiger partial charge in [-0.25, -0.2) is 0 Å². The molecule has 1 aliphatic heterocycles. The lowest BCUT2D eigenvalue weighted by Gasteiger charge is -2.27. The van der Waals surface area contributed by atoms with Crippen molar-refractivity contribution >= 4 is 5.91 Å². The Morgan fingerprint density at radius 3 is 2.74 bits per heavy atom. The standard InChI is InChI=1S/C15H17N3O/c1-11-13-8-9-18(10-14(13)17(2)16-11)15(19)12-6-4-3-5-7-12/h3-7H,8-10H2,1-2H3. The van der Waals surface area contributed by atoms with Crippen LogP contribution in [0.3, 0.4) is 0 Å². The van der Waals surface area contributed by atoms with E-state index in [1.54, 1.807) is 0 Å². The predicted octanol–water partition coefficient (Wildman–Crippen LogP) is 1.93. The van der Waals surface area contributed by atoms with Crippen LogP contribution in [0, 0.1) is 6.92 Å². The van der Waals surface area contributed by atoms with E-state index < -0.39 is 0 Å². The number of carbonyl (C=O) groups excluding carboxylic acids is 1. The summed E-state index contributed by atoms with van der Waals surface area (Å²) in [5, 5.41) is 4.44. The minimum absolute atomic E-state index is 0.102. The molecule has 0 spiro atoms. The van der Waals surface area contributed by atoms with Gasteiger partial charge in [0.15, 0.2) is 0 Å². The molecule has 1 aromatic heterocycles. The lowest BCUT2D eigenvalue weighted by atomic mass is 10.0. The summed E-state index contributed by atoms with van der Waals surface area (Å²) in [6.45, 7) is 3.46.